The third-order valence-corrected chi connectivity index (χ3v) is 3.56. The van der Waals surface area contributed by atoms with Crippen molar-refractivity contribution in [2.45, 2.75) is 0 Å². The fraction of sp³-hybridized carbons (Fsp3) is 0.167. The first-order valence-corrected chi connectivity index (χ1v) is 8.88. The van der Waals surface area contributed by atoms with Crippen molar-refractivity contribution < 1.29 is 13.1 Å². The molecule has 5 heteroatoms. The Morgan fingerprint density at radius 2 is 1.30 bits per heavy atom. The van der Waals surface area contributed by atoms with Crippen LogP contribution in [0.2, 0.25) is 0 Å². The van der Waals surface area contributed by atoms with Crippen LogP contribution < -0.4 is 4.68 Å². The van der Waals surface area contributed by atoms with E-state index in [1.54, 1.807) is 0 Å². The third-order valence-electron chi connectivity index (χ3n) is 3.56. The van der Waals surface area contributed by atoms with E-state index in [4.69, 9.17) is 8.42 Å². The standard InChI is InChI=1S/C17H17N2.CH4O2S/c1-18-16(14-9-5-3-6-10-14)13-17(19(18)2)15-11-7-4-8-12-15;1-4(2)3/h3-13H,1-2H3;4H,1H3/q+1;. The van der Waals surface area contributed by atoms with Crippen LogP contribution in [-0.2, 0) is 24.8 Å². The van der Waals surface area contributed by atoms with Crippen molar-refractivity contribution in [2.75, 3.05) is 6.26 Å². The van der Waals surface area contributed by atoms with E-state index in [2.05, 4.69) is 78.1 Å². The summed E-state index contributed by atoms with van der Waals surface area (Å²) in [4.78, 5) is 0. The van der Waals surface area contributed by atoms with Crippen molar-refractivity contribution in [3.05, 3.63) is 66.7 Å². The molecule has 120 valence electrons. The van der Waals surface area contributed by atoms with Gasteiger partial charge in [0.2, 0.25) is 5.69 Å². The molecule has 1 heterocycles. The van der Waals surface area contributed by atoms with Gasteiger partial charge in [-0.3, -0.25) is 0 Å². The fourth-order valence-electron chi connectivity index (χ4n) is 2.40. The van der Waals surface area contributed by atoms with E-state index >= 15 is 0 Å². The highest BCUT2D eigenvalue weighted by Crippen LogP contribution is 2.23. The van der Waals surface area contributed by atoms with Crippen LogP contribution >= 0.6 is 0 Å². The minimum absolute atomic E-state index is 1.12. The van der Waals surface area contributed by atoms with E-state index in [-0.39, 0.29) is 0 Å². The summed E-state index contributed by atoms with van der Waals surface area (Å²) in [6, 6.07) is 23.2. The average Bonchev–Trinajstić information content (AvgIpc) is 2.85. The third kappa shape index (κ3) is 4.29. The molecule has 2 aromatic carbocycles. The summed E-state index contributed by atoms with van der Waals surface area (Å²) < 4.78 is 22.4. The minimum atomic E-state index is -2.12. The Bertz CT molecular complexity index is 770. The maximum absolute atomic E-state index is 9.04. The van der Waals surface area contributed by atoms with Gasteiger partial charge in [-0.1, -0.05) is 48.5 Å². The Kier molecular flexibility index (Phi) is 5.71. The first-order chi connectivity index (χ1) is 11.0. The molecule has 1 aromatic heterocycles. The summed E-state index contributed by atoms with van der Waals surface area (Å²) in [7, 11) is 2.06. The molecule has 3 rings (SSSR count). The maximum atomic E-state index is 9.04. The summed E-state index contributed by atoms with van der Waals surface area (Å²) in [6.45, 7) is 0. The highest BCUT2D eigenvalue weighted by Gasteiger charge is 2.19. The van der Waals surface area contributed by atoms with E-state index in [0.717, 1.165) is 6.26 Å². The number of thiol groups is 1. The molecule has 3 aromatic rings. The number of nitrogens with zero attached hydrogens (tertiary/aromatic N) is 2. The molecule has 0 aliphatic carbocycles. The van der Waals surface area contributed by atoms with Gasteiger partial charge in [-0.25, -0.2) is 8.42 Å². The molecule has 0 atom stereocenters. The first-order valence-electron chi connectivity index (χ1n) is 7.25. The fourth-order valence-corrected chi connectivity index (χ4v) is 2.40. The van der Waals surface area contributed by atoms with Gasteiger partial charge < -0.3 is 0 Å². The lowest BCUT2D eigenvalue weighted by Gasteiger charge is -1.99. The summed E-state index contributed by atoms with van der Waals surface area (Å²) in [5, 5.41) is 0. The van der Waals surface area contributed by atoms with Crippen LogP contribution in [0.3, 0.4) is 0 Å². The summed E-state index contributed by atoms with van der Waals surface area (Å²) in [6.07, 6.45) is 1.12. The maximum Gasteiger partial charge on any atom is 0.238 e. The number of hydrogen-bond donors (Lipinski definition) is 1. The lowest BCUT2D eigenvalue weighted by molar-refractivity contribution is -0.740. The first kappa shape index (κ1) is 17.0. The number of rotatable bonds is 2. The summed E-state index contributed by atoms with van der Waals surface area (Å²) >= 11 is 0. The monoisotopic (exact) mass is 329 g/mol. The van der Waals surface area contributed by atoms with Gasteiger partial charge in [0.05, 0.1) is 7.05 Å². The van der Waals surface area contributed by atoms with Gasteiger partial charge in [-0.05, 0) is 12.1 Å². The Morgan fingerprint density at radius 3 is 1.78 bits per heavy atom. The Morgan fingerprint density at radius 1 is 0.870 bits per heavy atom. The molecule has 0 unspecified atom stereocenters. The smallest absolute Gasteiger partial charge is 0.232 e. The predicted octanol–water partition coefficient (Wildman–Crippen LogP) is 2.41. The normalized spacial score (nSPS) is 10.3. The number of aromatic nitrogens is 2. The van der Waals surface area contributed by atoms with Gasteiger partial charge in [0.25, 0.3) is 0 Å². The van der Waals surface area contributed by atoms with Crippen molar-refractivity contribution in [1.82, 2.24) is 4.68 Å². The second-order valence-corrected chi connectivity index (χ2v) is 6.01. The van der Waals surface area contributed by atoms with Gasteiger partial charge >= 0.3 is 0 Å². The molecule has 0 aliphatic heterocycles. The average molecular weight is 329 g/mol. The number of benzene rings is 2. The van der Waals surface area contributed by atoms with Gasteiger partial charge in [0.15, 0.2) is 7.05 Å². The molecule has 4 nitrogen and oxygen atoms in total. The van der Waals surface area contributed by atoms with Crippen LogP contribution in [-0.4, -0.2) is 19.4 Å². The van der Waals surface area contributed by atoms with Crippen molar-refractivity contribution >= 4 is 10.7 Å². The topological polar surface area (TPSA) is 43.0 Å². The molecule has 0 amide bonds. The molecule has 0 saturated heterocycles. The van der Waals surface area contributed by atoms with Crippen LogP contribution in [0, 0.1) is 0 Å². The second kappa shape index (κ2) is 7.74. The molecule has 0 saturated carbocycles. The van der Waals surface area contributed by atoms with Crippen molar-refractivity contribution in [1.29, 1.82) is 0 Å². The Hall–Kier alpha value is -2.40. The van der Waals surface area contributed by atoms with Crippen LogP contribution in [0.5, 0.6) is 0 Å². The quantitative estimate of drug-likeness (QED) is 0.579. The van der Waals surface area contributed by atoms with Crippen molar-refractivity contribution in [3.8, 4) is 22.5 Å². The van der Waals surface area contributed by atoms with Crippen LogP contribution in [0.1, 0.15) is 0 Å². The van der Waals surface area contributed by atoms with Gasteiger partial charge in [-0.15, -0.1) is 4.68 Å². The lowest BCUT2D eigenvalue weighted by Crippen LogP contribution is -2.39. The molecule has 0 aliphatic rings. The highest BCUT2D eigenvalue weighted by atomic mass is 32.2. The molecule has 0 radical (unpaired) electrons. The molecular weight excluding hydrogens is 308 g/mol. The lowest BCUT2D eigenvalue weighted by atomic mass is 10.1. The van der Waals surface area contributed by atoms with E-state index in [0.29, 0.717) is 0 Å². The Balaban J connectivity index is 0.000000433. The summed E-state index contributed by atoms with van der Waals surface area (Å²) in [5.41, 5.74) is 4.93. The van der Waals surface area contributed by atoms with Gasteiger partial charge in [0, 0.05) is 23.4 Å². The van der Waals surface area contributed by atoms with Crippen molar-refractivity contribution in [2.24, 2.45) is 14.1 Å². The van der Waals surface area contributed by atoms with Crippen LogP contribution in [0.15, 0.2) is 66.7 Å². The van der Waals surface area contributed by atoms with Crippen molar-refractivity contribution in [3.63, 3.8) is 0 Å². The summed E-state index contributed by atoms with van der Waals surface area (Å²) in [5.74, 6) is 0. The van der Waals surface area contributed by atoms with E-state index < -0.39 is 10.7 Å². The molecular formula is C18H21N2O2S+. The Labute approximate surface area is 138 Å². The van der Waals surface area contributed by atoms with E-state index in [9.17, 15) is 0 Å². The van der Waals surface area contributed by atoms with Crippen LogP contribution in [0.25, 0.3) is 22.5 Å². The molecule has 0 fully saturated rings. The zero-order valence-corrected chi connectivity index (χ0v) is 14.4. The SMILES string of the molecule is C[SH](=O)=O.Cn1c(-c2ccccc2)cc(-c2ccccc2)[n+]1C. The van der Waals surface area contributed by atoms with Gasteiger partial charge in [0.1, 0.15) is 16.4 Å². The van der Waals surface area contributed by atoms with E-state index in [1.807, 2.05) is 12.1 Å². The zero-order chi connectivity index (χ0) is 16.8. The zero-order valence-electron chi connectivity index (χ0n) is 13.5. The predicted molar refractivity (Wildman–Crippen MR) is 93.7 cm³/mol. The minimum Gasteiger partial charge on any atom is -0.232 e. The largest absolute Gasteiger partial charge is 0.238 e. The molecule has 0 N–H and O–H groups in total. The highest BCUT2D eigenvalue weighted by molar-refractivity contribution is 7.71. The molecule has 0 spiro atoms. The van der Waals surface area contributed by atoms with E-state index in [1.165, 1.54) is 22.5 Å². The second-order valence-electron chi connectivity index (χ2n) is 5.13. The van der Waals surface area contributed by atoms with Gasteiger partial charge in [-0.2, -0.15) is 4.68 Å². The molecule has 0 bridgehead atoms. The number of hydrogen-bond acceptors (Lipinski definition) is 2. The van der Waals surface area contributed by atoms with Crippen LogP contribution in [0.4, 0.5) is 0 Å². The molecule has 23 heavy (non-hydrogen) atoms.